The van der Waals surface area contributed by atoms with E-state index in [1.165, 1.54) is 12.3 Å². The molecule has 0 aromatic heterocycles. The van der Waals surface area contributed by atoms with Crippen LogP contribution in [-0.2, 0) is 22.4 Å². The van der Waals surface area contributed by atoms with E-state index in [2.05, 4.69) is 20.5 Å². The van der Waals surface area contributed by atoms with E-state index >= 15 is 0 Å². The van der Waals surface area contributed by atoms with Crippen molar-refractivity contribution in [3.63, 3.8) is 0 Å². The molecule has 0 radical (unpaired) electrons. The second kappa shape index (κ2) is 11.3. The molecule has 0 aromatic rings. The van der Waals surface area contributed by atoms with Gasteiger partial charge in [-0.05, 0) is 19.0 Å². The van der Waals surface area contributed by atoms with Crippen molar-refractivity contribution in [3.8, 4) is 0 Å². The van der Waals surface area contributed by atoms with Crippen molar-refractivity contribution in [2.45, 2.75) is 13.8 Å². The van der Waals surface area contributed by atoms with E-state index in [0.717, 1.165) is 0 Å². The van der Waals surface area contributed by atoms with Crippen molar-refractivity contribution in [3.05, 3.63) is 0 Å². The van der Waals surface area contributed by atoms with Gasteiger partial charge in [-0.25, -0.2) is 0 Å². The monoisotopic (exact) mass is 336 g/mol. The van der Waals surface area contributed by atoms with Crippen LogP contribution in [0.25, 0.3) is 0 Å². The molecule has 0 aliphatic rings. The summed E-state index contributed by atoms with van der Waals surface area (Å²) in [5.41, 5.74) is 0. The molecule has 0 rings (SSSR count). The van der Waals surface area contributed by atoms with Crippen LogP contribution in [-0.4, -0.2) is 19.0 Å². The molecule has 0 amide bonds. The van der Waals surface area contributed by atoms with Crippen molar-refractivity contribution in [1.82, 2.24) is 0 Å². The normalized spacial score (nSPS) is 7.50. The smallest absolute Gasteiger partial charge is 1.00 e. The Morgan fingerprint density at radius 3 is 1.38 bits per heavy atom. The maximum absolute atomic E-state index is 2.34. The van der Waals surface area contributed by atoms with Crippen molar-refractivity contribution in [2.75, 3.05) is 19.0 Å². The van der Waals surface area contributed by atoms with Gasteiger partial charge < -0.3 is 12.4 Å². The van der Waals surface area contributed by atoms with E-state index in [1.54, 1.807) is 0 Å². The fraction of sp³-hybridized carbons (Fsp3) is 1.00. The Hall–Kier alpha value is 1.46. The summed E-state index contributed by atoms with van der Waals surface area (Å²) in [5, 5.41) is 0. The first-order valence-corrected chi connectivity index (χ1v) is 4.65. The standard InChI is InChI=1S/C5H13P.Au.ClH/c1-4-6(3)5-2;;/h4-5H2,1-3H3;;1H/q;+1;/p-1. The molecule has 0 fully saturated rings. The minimum atomic E-state index is 0. The number of hydrogen-bond acceptors (Lipinski definition) is 0. The second-order valence-electron chi connectivity index (χ2n) is 1.49. The average molecular weight is 337 g/mol. The minimum absolute atomic E-state index is 0. The van der Waals surface area contributed by atoms with Crippen LogP contribution in [0.4, 0.5) is 0 Å². The van der Waals surface area contributed by atoms with Crippen LogP contribution in [0, 0.1) is 0 Å². The quantitative estimate of drug-likeness (QED) is 0.455. The van der Waals surface area contributed by atoms with Gasteiger partial charge in [-0.3, -0.25) is 0 Å². The van der Waals surface area contributed by atoms with Gasteiger partial charge in [-0.1, -0.05) is 13.8 Å². The SMILES string of the molecule is CCP(C)CC.[Au+].[Cl-]. The third-order valence-electron chi connectivity index (χ3n) is 1.08. The number of hydrogen-bond donors (Lipinski definition) is 0. The molecule has 0 aliphatic heterocycles. The average Bonchev–Trinajstić information content (AvgIpc) is 1.65. The van der Waals surface area contributed by atoms with Gasteiger partial charge in [-0.15, -0.1) is 7.92 Å². The molecule has 0 saturated heterocycles. The molecule has 0 aliphatic carbocycles. The maximum Gasteiger partial charge on any atom is 1.00 e. The van der Waals surface area contributed by atoms with Crippen LogP contribution in [0.5, 0.6) is 0 Å². The van der Waals surface area contributed by atoms with Gasteiger partial charge in [-0.2, -0.15) is 0 Å². The van der Waals surface area contributed by atoms with Crippen molar-refractivity contribution >= 4 is 7.92 Å². The number of rotatable bonds is 2. The van der Waals surface area contributed by atoms with Gasteiger partial charge in [0, 0.05) is 0 Å². The van der Waals surface area contributed by atoms with E-state index in [0.29, 0.717) is 7.92 Å². The fourth-order valence-corrected chi connectivity index (χ4v) is 0.671. The van der Waals surface area contributed by atoms with Crippen LogP contribution < -0.4 is 12.4 Å². The van der Waals surface area contributed by atoms with Crippen LogP contribution in [0.15, 0.2) is 0 Å². The molecule has 56 valence electrons. The van der Waals surface area contributed by atoms with Gasteiger partial charge in [0.25, 0.3) is 0 Å². The number of halogens is 1. The molecule has 0 spiro atoms. The van der Waals surface area contributed by atoms with E-state index < -0.39 is 0 Å². The molecular weight excluding hydrogens is 323 g/mol. The molecule has 8 heavy (non-hydrogen) atoms. The maximum atomic E-state index is 2.34. The van der Waals surface area contributed by atoms with E-state index in [-0.39, 0.29) is 34.8 Å². The summed E-state index contributed by atoms with van der Waals surface area (Å²) in [5.74, 6) is 0. The van der Waals surface area contributed by atoms with Gasteiger partial charge in [0.1, 0.15) is 0 Å². The summed E-state index contributed by atoms with van der Waals surface area (Å²) >= 11 is 0. The zero-order chi connectivity index (χ0) is 4.99. The molecule has 0 atom stereocenters. The zero-order valence-corrected chi connectivity index (χ0v) is 9.36. The minimum Gasteiger partial charge on any atom is -1.00 e. The van der Waals surface area contributed by atoms with Gasteiger partial charge in [0.05, 0.1) is 0 Å². The molecule has 0 heterocycles. The van der Waals surface area contributed by atoms with Crippen LogP contribution in [0.3, 0.4) is 0 Å². The molecule has 0 aromatic carbocycles. The summed E-state index contributed by atoms with van der Waals surface area (Å²) in [6.45, 7) is 6.86. The Bertz CT molecular complexity index is 31.6. The second-order valence-corrected chi connectivity index (χ2v) is 4.47. The predicted molar refractivity (Wildman–Crippen MR) is 33.9 cm³/mol. The van der Waals surface area contributed by atoms with Crippen LogP contribution >= 0.6 is 7.92 Å². The van der Waals surface area contributed by atoms with Crippen molar-refractivity contribution < 1.29 is 34.8 Å². The van der Waals surface area contributed by atoms with Crippen molar-refractivity contribution in [1.29, 1.82) is 0 Å². The van der Waals surface area contributed by atoms with Gasteiger partial charge in [0.2, 0.25) is 0 Å². The molecule has 3 heteroatoms. The molecule has 0 saturated carbocycles. The third kappa shape index (κ3) is 10.4. The predicted octanol–water partition coefficient (Wildman–Crippen LogP) is -0.861. The first-order chi connectivity index (χ1) is 2.81. The first kappa shape index (κ1) is 16.2. The molecule has 0 unspecified atom stereocenters. The topological polar surface area (TPSA) is 0 Å². The summed E-state index contributed by atoms with van der Waals surface area (Å²) in [4.78, 5) is 0. The molecular formula is C5H13AuClP. The Balaban J connectivity index is -0.000000125. The van der Waals surface area contributed by atoms with Gasteiger partial charge >= 0.3 is 22.4 Å². The molecule has 0 nitrogen and oxygen atoms in total. The summed E-state index contributed by atoms with van der Waals surface area (Å²) in [7, 11) is 0.424. The Morgan fingerprint density at radius 2 is 1.38 bits per heavy atom. The van der Waals surface area contributed by atoms with Crippen LogP contribution in [0.1, 0.15) is 13.8 Å². The Labute approximate surface area is 75.5 Å². The van der Waals surface area contributed by atoms with E-state index in [4.69, 9.17) is 0 Å². The van der Waals surface area contributed by atoms with Crippen molar-refractivity contribution in [2.24, 2.45) is 0 Å². The first-order valence-electron chi connectivity index (χ1n) is 2.49. The summed E-state index contributed by atoms with van der Waals surface area (Å²) in [6, 6.07) is 0. The van der Waals surface area contributed by atoms with Crippen LogP contribution in [0.2, 0.25) is 0 Å². The molecule has 0 bridgehead atoms. The summed E-state index contributed by atoms with van der Waals surface area (Å²) < 4.78 is 0. The van der Waals surface area contributed by atoms with E-state index in [9.17, 15) is 0 Å². The fourth-order valence-electron chi connectivity index (χ4n) is 0.224. The third-order valence-corrected chi connectivity index (χ3v) is 3.24. The molecule has 0 N–H and O–H groups in total. The largest absolute Gasteiger partial charge is 1.00 e. The van der Waals surface area contributed by atoms with E-state index in [1.807, 2.05) is 0 Å². The van der Waals surface area contributed by atoms with Gasteiger partial charge in [0.15, 0.2) is 0 Å². The summed E-state index contributed by atoms with van der Waals surface area (Å²) in [6.07, 6.45) is 2.79. The Kier molecular flexibility index (Phi) is 22.9. The zero-order valence-electron chi connectivity index (χ0n) is 5.54. The Morgan fingerprint density at radius 1 is 1.12 bits per heavy atom.